The third kappa shape index (κ3) is 46.9. The number of amides is 2. The summed E-state index contributed by atoms with van der Waals surface area (Å²) in [6.45, 7) is 2.30. The van der Waals surface area contributed by atoms with Crippen molar-refractivity contribution in [1.29, 1.82) is 0 Å². The molecule has 14 N–H and O–H groups in total. The molecule has 3 fully saturated rings. The molecule has 3 aliphatic rings. The van der Waals surface area contributed by atoms with Crippen molar-refractivity contribution in [2.24, 2.45) is 0 Å². The van der Waals surface area contributed by atoms with E-state index in [-0.39, 0.29) is 18.9 Å². The zero-order valence-corrected chi connectivity index (χ0v) is 71.5. The minimum atomic E-state index is -3.08. The van der Waals surface area contributed by atoms with Gasteiger partial charge in [-0.15, -0.1) is 0 Å². The Labute approximate surface area is 684 Å². The fourth-order valence-electron chi connectivity index (χ4n) is 16.7. The predicted molar refractivity (Wildman–Crippen MR) is 445 cm³/mol. The molecule has 0 aromatic carbocycles. The number of carboxylic acids is 1. The predicted octanol–water partition coefficient (Wildman–Crippen LogP) is 15.5. The van der Waals surface area contributed by atoms with E-state index >= 15 is 0 Å². The first kappa shape index (κ1) is 105. The summed E-state index contributed by atoms with van der Waals surface area (Å²) in [5.41, 5.74) is 0. The van der Waals surface area contributed by atoms with Crippen LogP contribution in [0.5, 0.6) is 0 Å². The van der Waals surface area contributed by atoms with Crippen LogP contribution in [0.3, 0.4) is 0 Å². The summed E-state index contributed by atoms with van der Waals surface area (Å²) in [7, 11) is 0. The Morgan fingerprint density at radius 1 is 0.425 bits per heavy atom. The van der Waals surface area contributed by atoms with Gasteiger partial charge in [0.25, 0.3) is 5.79 Å². The summed E-state index contributed by atoms with van der Waals surface area (Å²) in [6, 6.07) is -2.53. The van der Waals surface area contributed by atoms with Crippen LogP contribution in [0, 0.1) is 0 Å². The Morgan fingerprint density at radius 2 is 0.770 bits per heavy atom. The van der Waals surface area contributed by atoms with Crippen LogP contribution in [0.2, 0.25) is 0 Å². The number of hydrogen-bond donors (Lipinski definition) is 14. The number of aliphatic hydroxyl groups is 11. The molecule has 0 aromatic rings. The van der Waals surface area contributed by atoms with Crippen LogP contribution in [0.25, 0.3) is 0 Å². The molecule has 3 heterocycles. The van der Waals surface area contributed by atoms with Crippen molar-refractivity contribution in [2.75, 3.05) is 26.4 Å². The molecule has 668 valence electrons. The molecule has 0 radical (unpaired) electrons. The number of carboxylic acid groups (broad SMARTS) is 1. The molecule has 3 rings (SSSR count). The molecule has 3 aliphatic heterocycles. The molecule has 0 bridgehead atoms. The van der Waals surface area contributed by atoms with Crippen LogP contribution < -0.4 is 10.6 Å². The summed E-state index contributed by atoms with van der Waals surface area (Å²) < 4.78 is 35.1. The molecule has 18 unspecified atom stereocenters. The maximum atomic E-state index is 13.6. The van der Waals surface area contributed by atoms with Gasteiger partial charge in [0.1, 0.15) is 67.1 Å². The van der Waals surface area contributed by atoms with Gasteiger partial charge in [0.2, 0.25) is 11.8 Å². The summed E-state index contributed by atoms with van der Waals surface area (Å²) in [6.07, 6.45) is 48.4. The largest absolute Gasteiger partial charge is 0.477 e. The fourth-order valence-corrected chi connectivity index (χ4v) is 16.7. The zero-order valence-electron chi connectivity index (χ0n) is 71.5. The summed E-state index contributed by atoms with van der Waals surface area (Å²) >= 11 is 0. The Balaban J connectivity index is 1.40. The Bertz CT molecular complexity index is 2230. The van der Waals surface area contributed by atoms with E-state index < -0.39 is 148 Å². The lowest BCUT2D eigenvalue weighted by Crippen LogP contribution is -2.70. The first-order chi connectivity index (χ1) is 54.9. The Morgan fingerprint density at radius 3 is 1.11 bits per heavy atom. The van der Waals surface area contributed by atoms with E-state index in [0.29, 0.717) is 19.3 Å². The van der Waals surface area contributed by atoms with Crippen molar-refractivity contribution < 1.29 is 104 Å². The second-order valence-electron chi connectivity index (χ2n) is 34.2. The normalized spacial score (nSPS) is 25.2. The Kier molecular flexibility index (Phi) is 63.5. The van der Waals surface area contributed by atoms with Gasteiger partial charge in [0, 0.05) is 19.8 Å². The molecule has 2 amide bonds. The molecular formula is C90H172N2O21. The van der Waals surface area contributed by atoms with Gasteiger partial charge in [0.15, 0.2) is 12.6 Å². The summed E-state index contributed by atoms with van der Waals surface area (Å²) in [5, 5.41) is 137. The molecule has 0 aromatic heterocycles. The lowest BCUT2D eigenvalue weighted by molar-refractivity contribution is -0.386. The first-order valence-electron chi connectivity index (χ1n) is 46.9. The number of rotatable bonds is 77. The van der Waals surface area contributed by atoms with E-state index in [4.69, 9.17) is 28.4 Å². The van der Waals surface area contributed by atoms with Gasteiger partial charge in [-0.05, 0) is 12.8 Å². The zero-order chi connectivity index (χ0) is 82.4. The second kappa shape index (κ2) is 68.4. The van der Waals surface area contributed by atoms with Gasteiger partial charge in [-0.1, -0.05) is 386 Å². The van der Waals surface area contributed by atoms with Crippen LogP contribution in [0.1, 0.15) is 419 Å². The molecule has 23 nitrogen and oxygen atoms in total. The van der Waals surface area contributed by atoms with Crippen LogP contribution >= 0.6 is 0 Å². The number of unbranched alkanes of at least 4 members (excludes halogenated alkanes) is 57. The number of aliphatic carboxylic acids is 1. The van der Waals surface area contributed by atoms with Gasteiger partial charge in [-0.2, -0.15) is 0 Å². The van der Waals surface area contributed by atoms with Crippen LogP contribution in [0.15, 0.2) is 0 Å². The average Bonchev–Trinajstić information content (AvgIpc) is 0.754. The van der Waals surface area contributed by atoms with Crippen LogP contribution in [-0.2, 0) is 42.8 Å². The molecule has 0 aliphatic carbocycles. The van der Waals surface area contributed by atoms with Crippen LogP contribution in [-0.4, -0.2) is 215 Å². The molecule has 18 atom stereocenters. The van der Waals surface area contributed by atoms with Crippen molar-refractivity contribution in [3.63, 3.8) is 0 Å². The fraction of sp³-hybridized carbons (Fsp3) is 0.967. The molecule has 113 heavy (non-hydrogen) atoms. The van der Waals surface area contributed by atoms with Gasteiger partial charge >= 0.3 is 5.97 Å². The third-order valence-corrected chi connectivity index (χ3v) is 24.1. The summed E-state index contributed by atoms with van der Waals surface area (Å²) in [4.78, 5) is 38.8. The minimum Gasteiger partial charge on any atom is -0.477 e. The number of ether oxygens (including phenoxy) is 6. The highest BCUT2D eigenvalue weighted by Crippen LogP contribution is 2.39. The van der Waals surface area contributed by atoms with Gasteiger partial charge in [0.05, 0.1) is 50.7 Å². The van der Waals surface area contributed by atoms with E-state index in [1.54, 1.807) is 0 Å². The highest BCUT2D eigenvalue weighted by atomic mass is 16.8. The number of hydrogen-bond acceptors (Lipinski definition) is 20. The molecule has 23 heteroatoms. The van der Waals surface area contributed by atoms with Crippen molar-refractivity contribution >= 4 is 17.8 Å². The first-order valence-corrected chi connectivity index (χ1v) is 46.9. The van der Waals surface area contributed by atoms with Crippen LogP contribution in [0.4, 0.5) is 0 Å². The number of aliphatic hydroxyl groups excluding tert-OH is 11. The quantitative estimate of drug-likeness (QED) is 0.0252. The maximum absolute atomic E-state index is 13.6. The van der Waals surface area contributed by atoms with Gasteiger partial charge in [-0.3, -0.25) is 9.59 Å². The van der Waals surface area contributed by atoms with E-state index in [0.717, 1.165) is 51.9 Å². The van der Waals surface area contributed by atoms with E-state index in [1.807, 2.05) is 0 Å². The average molecular weight is 1620 g/mol. The van der Waals surface area contributed by atoms with E-state index in [2.05, 4.69) is 24.5 Å². The minimum absolute atomic E-state index is 0.230. The van der Waals surface area contributed by atoms with Crippen molar-refractivity contribution in [2.45, 2.75) is 529 Å². The number of nitrogens with one attached hydrogen (secondary N) is 2. The summed E-state index contributed by atoms with van der Waals surface area (Å²) in [5.74, 6) is -6.08. The van der Waals surface area contributed by atoms with E-state index in [1.165, 1.54) is 321 Å². The van der Waals surface area contributed by atoms with Crippen molar-refractivity contribution in [3.05, 3.63) is 0 Å². The SMILES string of the molecule is CCCCCCCCCCCCCCCCCCCCCCCCCCCCCCCCCCCCCCCC(=O)NC(COC1OC(CO)C(OC2OC(CO)C(O)C(OC3(C(=O)O)CC(O)C(NC(C)=O)C(C(O)C(O)CO)O3)C2O)C(O)C1O)C(O)CCCCCCCCCCCCCCCCCCCCCCCC. The highest BCUT2D eigenvalue weighted by molar-refractivity contribution is 5.77. The molecule has 0 spiro atoms. The topological polar surface area (TPSA) is 373 Å². The highest BCUT2D eigenvalue weighted by Gasteiger charge is 2.60. The monoisotopic (exact) mass is 1620 g/mol. The Hall–Kier alpha value is -2.27. The van der Waals surface area contributed by atoms with Crippen molar-refractivity contribution in [1.82, 2.24) is 10.6 Å². The smallest absolute Gasteiger partial charge is 0.364 e. The van der Waals surface area contributed by atoms with E-state index in [9.17, 15) is 75.7 Å². The number of carbonyl (C=O) groups excluding carboxylic acids is 2. The second-order valence-corrected chi connectivity index (χ2v) is 34.2. The van der Waals surface area contributed by atoms with Gasteiger partial charge in [-0.25, -0.2) is 4.79 Å². The number of carbonyl (C=O) groups is 3. The molecule has 0 saturated carbocycles. The lowest BCUT2D eigenvalue weighted by atomic mass is 9.88. The third-order valence-electron chi connectivity index (χ3n) is 24.1. The lowest BCUT2D eigenvalue weighted by Gasteiger charge is -2.50. The van der Waals surface area contributed by atoms with Gasteiger partial charge < -0.3 is 100 Å². The molecule has 3 saturated heterocycles. The standard InChI is InChI=1S/C90H172N2O21/c1-4-6-8-10-12-14-16-18-20-22-24-26-28-29-30-31-32-33-34-35-36-37-38-39-40-41-42-44-46-48-50-52-54-56-58-60-62-64-77(100)92-71(72(97)63-61-59-57-55-53-51-49-47-45-43-27-25-23-21-19-17-15-13-11-9-7-5-2)69-108-87-82(104)81(103)84(76(68-95)110-87)111-88-83(105)86(80(102)75(67-94)109-88)113-90(89(106)107)65-73(98)78(91-70(3)96)85(112-90)79(101)74(99)66-93/h71-76,78-88,93-95,97-99,101-105H,4-69H2,1-3H3,(H,91,96)(H,92,100)(H,106,107). The van der Waals surface area contributed by atoms with Crippen molar-refractivity contribution in [3.8, 4) is 0 Å². The molecular weight excluding hydrogens is 1440 g/mol. The maximum Gasteiger partial charge on any atom is 0.364 e.